The quantitative estimate of drug-likeness (QED) is 0.625. The molecule has 0 spiro atoms. The number of rotatable bonds is 8. The monoisotopic (exact) mass is 379 g/mol. The molecule has 0 heterocycles. The van der Waals surface area contributed by atoms with E-state index in [2.05, 4.69) is 4.72 Å². The van der Waals surface area contributed by atoms with E-state index < -0.39 is 27.9 Å². The summed E-state index contributed by atoms with van der Waals surface area (Å²) in [6.45, 7) is 0. The molecule has 0 bridgehead atoms. The number of carbonyl (C=O) groups excluding carboxylic acids is 1. The standard InChI is InChI=1S/C17H21N3O5S/c1-20(2)14-7-3-6-12-11(14)5-4-8-15(12)26(24,25)19-13(17(22)23)9-10-16(18)21/h3-8,13,19H,9-10H2,1-2H3,(H2,18,21)(H,22,23). The van der Waals surface area contributed by atoms with Crippen LogP contribution in [-0.4, -0.2) is 45.5 Å². The van der Waals surface area contributed by atoms with Crippen LogP contribution in [0.4, 0.5) is 5.69 Å². The summed E-state index contributed by atoms with van der Waals surface area (Å²) in [5, 5.41) is 10.4. The predicted molar refractivity (Wildman–Crippen MR) is 98.4 cm³/mol. The number of aliphatic carboxylic acids is 1. The van der Waals surface area contributed by atoms with Crippen LogP contribution in [0.1, 0.15) is 12.8 Å². The van der Waals surface area contributed by atoms with Gasteiger partial charge in [0.15, 0.2) is 0 Å². The molecular weight excluding hydrogens is 358 g/mol. The Hall–Kier alpha value is -2.65. The number of benzene rings is 2. The first-order chi connectivity index (χ1) is 12.1. The molecule has 0 aliphatic heterocycles. The van der Waals surface area contributed by atoms with Crippen molar-refractivity contribution in [2.24, 2.45) is 5.73 Å². The van der Waals surface area contributed by atoms with Crippen molar-refractivity contribution in [1.82, 2.24) is 4.72 Å². The van der Waals surface area contributed by atoms with Gasteiger partial charge in [0, 0.05) is 37.0 Å². The molecule has 9 heteroatoms. The number of nitrogens with two attached hydrogens (primary N) is 1. The fourth-order valence-electron chi connectivity index (χ4n) is 2.66. The van der Waals surface area contributed by atoms with Gasteiger partial charge in [0.1, 0.15) is 6.04 Å². The van der Waals surface area contributed by atoms with Crippen LogP contribution < -0.4 is 15.4 Å². The zero-order valence-electron chi connectivity index (χ0n) is 14.5. The van der Waals surface area contributed by atoms with E-state index in [4.69, 9.17) is 5.73 Å². The lowest BCUT2D eigenvalue weighted by Crippen LogP contribution is -2.41. The molecule has 0 aliphatic rings. The molecule has 8 nitrogen and oxygen atoms in total. The molecule has 2 aromatic rings. The smallest absolute Gasteiger partial charge is 0.321 e. The Kier molecular flexibility index (Phi) is 5.83. The van der Waals surface area contributed by atoms with Crippen LogP contribution in [0.15, 0.2) is 41.3 Å². The van der Waals surface area contributed by atoms with Crippen LogP contribution in [0.3, 0.4) is 0 Å². The van der Waals surface area contributed by atoms with E-state index in [0.717, 1.165) is 11.1 Å². The molecule has 4 N–H and O–H groups in total. The van der Waals surface area contributed by atoms with Gasteiger partial charge in [0.25, 0.3) is 0 Å². The maximum atomic E-state index is 12.8. The van der Waals surface area contributed by atoms with Gasteiger partial charge in [-0.1, -0.05) is 24.3 Å². The van der Waals surface area contributed by atoms with Crippen LogP contribution in [0, 0.1) is 0 Å². The van der Waals surface area contributed by atoms with Gasteiger partial charge in [-0.15, -0.1) is 0 Å². The fourth-order valence-corrected chi connectivity index (χ4v) is 4.10. The summed E-state index contributed by atoms with van der Waals surface area (Å²) in [5.41, 5.74) is 5.86. The van der Waals surface area contributed by atoms with Crippen LogP contribution in [-0.2, 0) is 19.6 Å². The highest BCUT2D eigenvalue weighted by Gasteiger charge is 2.27. The summed E-state index contributed by atoms with van der Waals surface area (Å²) in [6, 6.07) is 8.62. The summed E-state index contributed by atoms with van der Waals surface area (Å²) >= 11 is 0. The van der Waals surface area contributed by atoms with Crippen molar-refractivity contribution in [1.29, 1.82) is 0 Å². The molecule has 2 rings (SSSR count). The lowest BCUT2D eigenvalue weighted by atomic mass is 10.1. The molecule has 0 fully saturated rings. The minimum atomic E-state index is -4.12. The molecule has 1 atom stereocenters. The minimum absolute atomic E-state index is 0.0241. The maximum Gasteiger partial charge on any atom is 0.321 e. The Labute approximate surface area is 151 Å². The molecular formula is C17H21N3O5S. The topological polar surface area (TPSA) is 130 Å². The van der Waals surface area contributed by atoms with Gasteiger partial charge in [-0.05, 0) is 18.6 Å². The largest absolute Gasteiger partial charge is 0.480 e. The zero-order chi connectivity index (χ0) is 19.5. The third-order valence-electron chi connectivity index (χ3n) is 3.91. The van der Waals surface area contributed by atoms with E-state index in [1.54, 1.807) is 24.3 Å². The van der Waals surface area contributed by atoms with Crippen molar-refractivity contribution >= 4 is 38.4 Å². The Morgan fingerprint density at radius 1 is 1.15 bits per heavy atom. The summed E-state index contributed by atoms with van der Waals surface area (Å²) in [6.07, 6.45) is -0.461. The van der Waals surface area contributed by atoms with Gasteiger partial charge in [-0.3, -0.25) is 9.59 Å². The van der Waals surface area contributed by atoms with E-state index in [1.165, 1.54) is 6.07 Å². The minimum Gasteiger partial charge on any atom is -0.480 e. The van der Waals surface area contributed by atoms with Crippen molar-refractivity contribution < 1.29 is 23.1 Å². The normalized spacial score (nSPS) is 12.7. The number of carboxylic acids is 1. The molecule has 0 saturated carbocycles. The fraction of sp³-hybridized carbons (Fsp3) is 0.294. The summed E-state index contributed by atoms with van der Waals surface area (Å²) in [4.78, 5) is 24.1. The number of nitrogens with one attached hydrogen (secondary N) is 1. The van der Waals surface area contributed by atoms with E-state index in [9.17, 15) is 23.1 Å². The summed E-state index contributed by atoms with van der Waals surface area (Å²) in [5.74, 6) is -2.07. The van der Waals surface area contributed by atoms with Crippen LogP contribution in [0.2, 0.25) is 0 Å². The van der Waals surface area contributed by atoms with Crippen LogP contribution >= 0.6 is 0 Å². The van der Waals surface area contributed by atoms with E-state index in [-0.39, 0.29) is 17.7 Å². The van der Waals surface area contributed by atoms with Gasteiger partial charge in [0.2, 0.25) is 15.9 Å². The molecule has 140 valence electrons. The average molecular weight is 379 g/mol. The lowest BCUT2D eigenvalue weighted by Gasteiger charge is -2.18. The second-order valence-electron chi connectivity index (χ2n) is 6.04. The van der Waals surface area contributed by atoms with E-state index in [0.29, 0.717) is 5.39 Å². The molecule has 2 aromatic carbocycles. The highest BCUT2D eigenvalue weighted by Crippen LogP contribution is 2.30. The van der Waals surface area contributed by atoms with Gasteiger partial charge in [0.05, 0.1) is 4.90 Å². The Morgan fingerprint density at radius 3 is 2.35 bits per heavy atom. The number of fused-ring (bicyclic) bond motifs is 1. The molecule has 0 aromatic heterocycles. The number of anilines is 1. The number of hydrogen-bond acceptors (Lipinski definition) is 5. The number of amides is 1. The molecule has 0 saturated heterocycles. The van der Waals surface area contributed by atoms with E-state index in [1.807, 2.05) is 25.1 Å². The second-order valence-corrected chi connectivity index (χ2v) is 7.72. The van der Waals surface area contributed by atoms with E-state index >= 15 is 0 Å². The Balaban J connectivity index is 2.47. The van der Waals surface area contributed by atoms with Crippen molar-refractivity contribution in [3.8, 4) is 0 Å². The number of primary amides is 1. The maximum absolute atomic E-state index is 12.8. The number of carboxylic acid groups (broad SMARTS) is 1. The van der Waals surface area contributed by atoms with Gasteiger partial charge < -0.3 is 15.7 Å². The first kappa shape index (κ1) is 19.7. The highest BCUT2D eigenvalue weighted by atomic mass is 32.2. The SMILES string of the molecule is CN(C)c1cccc2c(S(=O)(=O)NC(CCC(N)=O)C(=O)O)cccc12. The first-order valence-corrected chi connectivity index (χ1v) is 9.34. The number of sulfonamides is 1. The molecule has 0 aliphatic carbocycles. The van der Waals surface area contributed by atoms with Gasteiger partial charge in [-0.25, -0.2) is 8.42 Å². The number of hydrogen-bond donors (Lipinski definition) is 3. The Morgan fingerprint density at radius 2 is 1.77 bits per heavy atom. The number of nitrogens with zero attached hydrogens (tertiary/aromatic N) is 1. The first-order valence-electron chi connectivity index (χ1n) is 7.86. The van der Waals surface area contributed by atoms with Crippen LogP contribution in [0.25, 0.3) is 10.8 Å². The second kappa shape index (κ2) is 7.71. The molecule has 1 amide bonds. The van der Waals surface area contributed by atoms with Crippen molar-refractivity contribution in [3.05, 3.63) is 36.4 Å². The highest BCUT2D eigenvalue weighted by molar-refractivity contribution is 7.89. The Bertz CT molecular complexity index is 941. The van der Waals surface area contributed by atoms with Crippen LogP contribution in [0.5, 0.6) is 0 Å². The molecule has 26 heavy (non-hydrogen) atoms. The summed E-state index contributed by atoms with van der Waals surface area (Å²) in [7, 11) is -0.431. The third-order valence-corrected chi connectivity index (χ3v) is 5.44. The van der Waals surface area contributed by atoms with Crippen molar-refractivity contribution in [2.75, 3.05) is 19.0 Å². The summed E-state index contributed by atoms with van der Waals surface area (Å²) < 4.78 is 27.7. The van der Waals surface area contributed by atoms with Gasteiger partial charge in [-0.2, -0.15) is 4.72 Å². The molecule has 1 unspecified atom stereocenters. The van der Waals surface area contributed by atoms with Gasteiger partial charge >= 0.3 is 5.97 Å². The number of carbonyl (C=O) groups is 2. The van der Waals surface area contributed by atoms with Crippen molar-refractivity contribution in [2.45, 2.75) is 23.8 Å². The molecule has 0 radical (unpaired) electrons. The average Bonchev–Trinajstić information content (AvgIpc) is 2.56. The lowest BCUT2D eigenvalue weighted by molar-refractivity contribution is -0.139. The predicted octanol–water partition coefficient (Wildman–Crippen LogP) is 0.903. The third kappa shape index (κ3) is 4.30. The zero-order valence-corrected chi connectivity index (χ0v) is 15.3. The van der Waals surface area contributed by atoms with Crippen molar-refractivity contribution in [3.63, 3.8) is 0 Å².